The van der Waals surface area contributed by atoms with Gasteiger partial charge in [0.15, 0.2) is 11.5 Å². The molecule has 0 saturated carbocycles. The van der Waals surface area contributed by atoms with Crippen LogP contribution in [-0.2, 0) is 6.42 Å². The van der Waals surface area contributed by atoms with E-state index in [4.69, 9.17) is 21.1 Å². The highest BCUT2D eigenvalue weighted by Crippen LogP contribution is 2.41. The van der Waals surface area contributed by atoms with Gasteiger partial charge >= 0.3 is 0 Å². The minimum atomic E-state index is 0.559. The molecule has 2 aliphatic heterocycles. The van der Waals surface area contributed by atoms with Crippen molar-refractivity contribution in [1.29, 1.82) is 0 Å². The molecule has 1 unspecified atom stereocenters. The minimum absolute atomic E-state index is 0.559. The third-order valence-electron chi connectivity index (χ3n) is 4.21. The molecule has 0 bridgehead atoms. The summed E-state index contributed by atoms with van der Waals surface area (Å²) in [5.41, 5.74) is 2.46. The summed E-state index contributed by atoms with van der Waals surface area (Å²) in [5.74, 6) is 1.57. The predicted molar refractivity (Wildman–Crippen MR) is 81.1 cm³/mol. The van der Waals surface area contributed by atoms with Gasteiger partial charge in [0, 0.05) is 12.5 Å². The molecule has 2 heterocycles. The van der Waals surface area contributed by atoms with Crippen LogP contribution in [0.15, 0.2) is 6.07 Å². The fourth-order valence-electron chi connectivity index (χ4n) is 3.04. The van der Waals surface area contributed by atoms with Gasteiger partial charge in [-0.2, -0.15) is 0 Å². The third-order valence-corrected chi connectivity index (χ3v) is 4.49. The van der Waals surface area contributed by atoms with E-state index >= 15 is 0 Å². The molecular formula is C16H22ClNO2. The highest BCUT2D eigenvalue weighted by Gasteiger charge is 2.22. The number of fused-ring (bicyclic) bond motifs is 1. The summed E-state index contributed by atoms with van der Waals surface area (Å²) in [4.78, 5) is 0. The molecule has 0 spiro atoms. The Balaban J connectivity index is 1.87. The Labute approximate surface area is 125 Å². The van der Waals surface area contributed by atoms with Crippen LogP contribution in [0, 0.1) is 6.92 Å². The van der Waals surface area contributed by atoms with E-state index in [9.17, 15) is 0 Å². The minimum Gasteiger partial charge on any atom is -0.489 e. The first-order valence-corrected chi connectivity index (χ1v) is 7.94. The van der Waals surface area contributed by atoms with Gasteiger partial charge in [-0.05, 0) is 49.9 Å². The predicted octanol–water partition coefficient (Wildman–Crippen LogP) is 3.49. The summed E-state index contributed by atoms with van der Waals surface area (Å²) >= 11 is 6.38. The third kappa shape index (κ3) is 2.89. The van der Waals surface area contributed by atoms with E-state index in [1.165, 1.54) is 30.4 Å². The van der Waals surface area contributed by atoms with Crippen molar-refractivity contribution in [1.82, 2.24) is 5.32 Å². The zero-order chi connectivity index (χ0) is 13.9. The number of hydrogen-bond donors (Lipinski definition) is 1. The number of piperidine rings is 1. The Bertz CT molecular complexity index is 484. The van der Waals surface area contributed by atoms with Crippen LogP contribution in [0.1, 0.15) is 36.8 Å². The molecule has 0 amide bonds. The van der Waals surface area contributed by atoms with Crippen molar-refractivity contribution in [3.63, 3.8) is 0 Å². The van der Waals surface area contributed by atoms with Gasteiger partial charge in [-0.25, -0.2) is 0 Å². The molecule has 1 aromatic carbocycles. The maximum absolute atomic E-state index is 6.38. The van der Waals surface area contributed by atoms with Gasteiger partial charge < -0.3 is 14.8 Å². The van der Waals surface area contributed by atoms with Gasteiger partial charge in [0.25, 0.3) is 0 Å². The quantitative estimate of drug-likeness (QED) is 0.906. The van der Waals surface area contributed by atoms with Crippen molar-refractivity contribution in [2.45, 2.75) is 45.1 Å². The van der Waals surface area contributed by atoms with Crippen molar-refractivity contribution in [3.8, 4) is 11.5 Å². The number of hydrogen-bond acceptors (Lipinski definition) is 3. The Morgan fingerprint density at radius 1 is 1.20 bits per heavy atom. The number of rotatable bonds is 2. The number of ether oxygens (including phenoxy) is 2. The lowest BCUT2D eigenvalue weighted by atomic mass is 9.94. The lowest BCUT2D eigenvalue weighted by Gasteiger charge is -2.25. The molecule has 3 rings (SSSR count). The van der Waals surface area contributed by atoms with Gasteiger partial charge in [-0.15, -0.1) is 0 Å². The van der Waals surface area contributed by atoms with Crippen molar-refractivity contribution in [2.24, 2.45) is 0 Å². The molecular weight excluding hydrogens is 274 g/mol. The van der Waals surface area contributed by atoms with Crippen LogP contribution in [0.3, 0.4) is 0 Å². The van der Waals surface area contributed by atoms with Crippen molar-refractivity contribution in [2.75, 3.05) is 19.8 Å². The zero-order valence-electron chi connectivity index (χ0n) is 12.0. The second-order valence-electron chi connectivity index (χ2n) is 5.70. The summed E-state index contributed by atoms with van der Waals surface area (Å²) in [5, 5.41) is 4.27. The van der Waals surface area contributed by atoms with E-state index in [1.807, 2.05) is 0 Å². The molecule has 1 atom stereocenters. The van der Waals surface area contributed by atoms with Gasteiger partial charge in [-0.3, -0.25) is 0 Å². The second kappa shape index (κ2) is 6.23. The maximum atomic E-state index is 6.38. The maximum Gasteiger partial charge on any atom is 0.180 e. The largest absolute Gasteiger partial charge is 0.489 e. The fourth-order valence-corrected chi connectivity index (χ4v) is 3.31. The van der Waals surface area contributed by atoms with Gasteiger partial charge in [0.2, 0.25) is 0 Å². The van der Waals surface area contributed by atoms with E-state index in [0.717, 1.165) is 30.9 Å². The average Bonchev–Trinajstić information content (AvgIpc) is 2.72. The van der Waals surface area contributed by atoms with Gasteiger partial charge in [0.1, 0.15) is 0 Å². The summed E-state index contributed by atoms with van der Waals surface area (Å²) in [6.07, 6.45) is 5.77. The summed E-state index contributed by atoms with van der Waals surface area (Å²) in [6, 6.07) is 2.61. The summed E-state index contributed by atoms with van der Waals surface area (Å²) in [7, 11) is 0. The average molecular weight is 296 g/mol. The SMILES string of the molecule is Cc1c(CC2CCCCN2)cc(Cl)c2c1OCCCO2. The molecule has 3 nitrogen and oxygen atoms in total. The molecule has 2 aliphatic rings. The smallest absolute Gasteiger partial charge is 0.180 e. The molecule has 0 radical (unpaired) electrons. The highest BCUT2D eigenvalue weighted by atomic mass is 35.5. The van der Waals surface area contributed by atoms with Crippen LogP contribution in [0.4, 0.5) is 0 Å². The topological polar surface area (TPSA) is 30.5 Å². The molecule has 0 aromatic heterocycles. The first kappa shape index (κ1) is 14.0. The lowest BCUT2D eigenvalue weighted by molar-refractivity contribution is 0.296. The lowest BCUT2D eigenvalue weighted by Crippen LogP contribution is -2.35. The van der Waals surface area contributed by atoms with Crippen LogP contribution >= 0.6 is 11.6 Å². The van der Waals surface area contributed by atoms with E-state index in [2.05, 4.69) is 18.3 Å². The Hall–Kier alpha value is -0.930. The molecule has 110 valence electrons. The molecule has 20 heavy (non-hydrogen) atoms. The van der Waals surface area contributed by atoms with Crippen LogP contribution in [0.25, 0.3) is 0 Å². The van der Waals surface area contributed by atoms with Crippen LogP contribution in [0.5, 0.6) is 11.5 Å². The monoisotopic (exact) mass is 295 g/mol. The normalized spacial score (nSPS) is 22.4. The van der Waals surface area contributed by atoms with Gasteiger partial charge in [-0.1, -0.05) is 18.0 Å². The number of halogens is 1. The number of nitrogens with one attached hydrogen (secondary N) is 1. The molecule has 0 aliphatic carbocycles. The van der Waals surface area contributed by atoms with Crippen molar-refractivity contribution in [3.05, 3.63) is 22.2 Å². The fraction of sp³-hybridized carbons (Fsp3) is 0.625. The van der Waals surface area contributed by atoms with E-state index in [0.29, 0.717) is 24.3 Å². The second-order valence-corrected chi connectivity index (χ2v) is 6.11. The summed E-state index contributed by atoms with van der Waals surface area (Å²) < 4.78 is 11.6. The molecule has 4 heteroatoms. The first-order chi connectivity index (χ1) is 9.75. The Kier molecular flexibility index (Phi) is 4.37. The van der Waals surface area contributed by atoms with Crippen molar-refractivity contribution >= 4 is 11.6 Å². The van der Waals surface area contributed by atoms with E-state index < -0.39 is 0 Å². The molecule has 1 fully saturated rings. The Morgan fingerprint density at radius 2 is 2.00 bits per heavy atom. The van der Waals surface area contributed by atoms with Crippen LogP contribution in [-0.4, -0.2) is 25.8 Å². The van der Waals surface area contributed by atoms with Crippen LogP contribution < -0.4 is 14.8 Å². The molecule has 1 N–H and O–H groups in total. The van der Waals surface area contributed by atoms with E-state index in [1.54, 1.807) is 0 Å². The molecule has 1 aromatic rings. The van der Waals surface area contributed by atoms with Gasteiger partial charge in [0.05, 0.1) is 18.2 Å². The standard InChI is InChI=1S/C16H22ClNO2/c1-11-12(9-13-5-2-3-6-18-13)10-14(17)16-15(11)19-7-4-8-20-16/h10,13,18H,2-9H2,1H3. The zero-order valence-corrected chi connectivity index (χ0v) is 12.8. The highest BCUT2D eigenvalue weighted by molar-refractivity contribution is 6.32. The molecule has 1 saturated heterocycles. The number of benzene rings is 1. The van der Waals surface area contributed by atoms with Crippen molar-refractivity contribution < 1.29 is 9.47 Å². The van der Waals surface area contributed by atoms with Crippen LogP contribution in [0.2, 0.25) is 5.02 Å². The first-order valence-electron chi connectivity index (χ1n) is 7.56. The van der Waals surface area contributed by atoms with E-state index in [-0.39, 0.29) is 0 Å². The Morgan fingerprint density at radius 3 is 2.75 bits per heavy atom. The summed E-state index contributed by atoms with van der Waals surface area (Å²) in [6.45, 7) is 4.62.